The summed E-state index contributed by atoms with van der Waals surface area (Å²) >= 11 is 0. The first kappa shape index (κ1) is 16.4. The molecule has 0 aliphatic rings. The van der Waals surface area contributed by atoms with Crippen molar-refractivity contribution in [2.75, 3.05) is 7.11 Å². The summed E-state index contributed by atoms with van der Waals surface area (Å²) in [4.78, 5) is 0. The molecule has 0 aliphatic heterocycles. The van der Waals surface area contributed by atoms with Crippen LogP contribution in [0, 0.1) is 10.8 Å². The van der Waals surface area contributed by atoms with Crippen LogP contribution >= 0.6 is 0 Å². The maximum atomic E-state index is 7.35. The highest BCUT2D eigenvalue weighted by Gasteiger charge is 1.90. The highest BCUT2D eigenvalue weighted by molar-refractivity contribution is 5.54. The summed E-state index contributed by atoms with van der Waals surface area (Å²) in [6, 6.07) is 3.24. The second-order valence-corrected chi connectivity index (χ2v) is 4.05. The zero-order valence-corrected chi connectivity index (χ0v) is 11.7. The molecule has 0 atom stereocenters. The molecule has 0 saturated heterocycles. The van der Waals surface area contributed by atoms with Crippen molar-refractivity contribution in [3.05, 3.63) is 23.8 Å². The number of hydrogen-bond donors (Lipinski definition) is 2. The monoisotopic (exact) mass is 251 g/mol. The average molecular weight is 251 g/mol. The topological polar surface area (TPSA) is 61.9 Å². The number of aromatic nitrogens is 1. The Morgan fingerprint density at radius 1 is 1.22 bits per heavy atom. The molecule has 0 aliphatic carbocycles. The van der Waals surface area contributed by atoms with Crippen LogP contribution in [0.1, 0.15) is 46.0 Å². The van der Waals surface area contributed by atoms with Crippen LogP contribution < -0.4 is 10.2 Å². The van der Waals surface area contributed by atoms with Crippen LogP contribution in [0.2, 0.25) is 0 Å². The van der Waals surface area contributed by atoms with E-state index < -0.39 is 0 Å². The molecule has 0 bridgehead atoms. The van der Waals surface area contributed by atoms with Gasteiger partial charge in [-0.1, -0.05) is 46.0 Å². The SMILES string of the molecule is CCCCCCC.COc1ccn(C=N)c(=N)c1. The van der Waals surface area contributed by atoms with Crippen LogP contribution in [0.4, 0.5) is 0 Å². The van der Waals surface area contributed by atoms with Crippen LogP contribution in [-0.2, 0) is 0 Å². The maximum Gasteiger partial charge on any atom is 0.133 e. The number of unbranched alkanes of at least 4 members (excludes halogenated alkanes) is 4. The number of rotatable bonds is 6. The Balaban J connectivity index is 0.000000360. The van der Waals surface area contributed by atoms with E-state index in [-0.39, 0.29) is 5.49 Å². The molecule has 4 heteroatoms. The van der Waals surface area contributed by atoms with Crippen molar-refractivity contribution in [2.45, 2.75) is 46.0 Å². The van der Waals surface area contributed by atoms with Crippen molar-refractivity contribution in [3.63, 3.8) is 0 Å². The molecule has 102 valence electrons. The first-order valence-electron chi connectivity index (χ1n) is 6.50. The van der Waals surface area contributed by atoms with Crippen molar-refractivity contribution in [2.24, 2.45) is 0 Å². The first-order chi connectivity index (χ1) is 8.69. The van der Waals surface area contributed by atoms with Gasteiger partial charge in [0.2, 0.25) is 0 Å². The van der Waals surface area contributed by atoms with Gasteiger partial charge in [0.1, 0.15) is 11.2 Å². The Kier molecular flexibility index (Phi) is 9.64. The third-order valence-corrected chi connectivity index (χ3v) is 2.54. The molecule has 0 fully saturated rings. The Morgan fingerprint density at radius 3 is 2.22 bits per heavy atom. The minimum Gasteiger partial charge on any atom is -0.497 e. The molecule has 18 heavy (non-hydrogen) atoms. The van der Waals surface area contributed by atoms with Crippen LogP contribution in [0.15, 0.2) is 18.3 Å². The molecular weight excluding hydrogens is 226 g/mol. The summed E-state index contributed by atoms with van der Waals surface area (Å²) in [6.45, 7) is 4.49. The lowest BCUT2D eigenvalue weighted by molar-refractivity contribution is 0.413. The minimum absolute atomic E-state index is 0.236. The van der Waals surface area contributed by atoms with E-state index in [9.17, 15) is 0 Å². The predicted octanol–water partition coefficient (Wildman–Crippen LogP) is 3.41. The van der Waals surface area contributed by atoms with Gasteiger partial charge in [0.05, 0.1) is 13.4 Å². The zero-order chi connectivity index (χ0) is 13.8. The van der Waals surface area contributed by atoms with Crippen LogP contribution in [0.5, 0.6) is 5.75 Å². The fourth-order valence-electron chi connectivity index (χ4n) is 1.41. The predicted molar refractivity (Wildman–Crippen MR) is 75.5 cm³/mol. The van der Waals surface area contributed by atoms with Crippen molar-refractivity contribution in [3.8, 4) is 5.75 Å². The quantitative estimate of drug-likeness (QED) is 0.454. The molecule has 0 spiro atoms. The molecule has 0 aromatic carbocycles. The zero-order valence-electron chi connectivity index (χ0n) is 11.7. The van der Waals surface area contributed by atoms with E-state index in [1.54, 1.807) is 25.4 Å². The molecule has 2 N–H and O–H groups in total. The van der Waals surface area contributed by atoms with Gasteiger partial charge in [-0.3, -0.25) is 15.4 Å². The summed E-state index contributed by atoms with van der Waals surface area (Å²) in [5, 5.41) is 14.2. The molecule has 4 nitrogen and oxygen atoms in total. The highest BCUT2D eigenvalue weighted by atomic mass is 16.5. The fraction of sp³-hybridized carbons (Fsp3) is 0.571. The number of methoxy groups -OCH3 is 1. The third kappa shape index (κ3) is 6.89. The smallest absolute Gasteiger partial charge is 0.133 e. The summed E-state index contributed by atoms with van der Waals surface area (Å²) in [7, 11) is 1.55. The van der Waals surface area contributed by atoms with Crippen LogP contribution in [0.3, 0.4) is 0 Å². The number of pyridine rings is 1. The summed E-state index contributed by atoms with van der Waals surface area (Å²) in [5.74, 6) is 0.633. The molecule has 0 radical (unpaired) electrons. The van der Waals surface area contributed by atoms with Crippen LogP contribution in [0.25, 0.3) is 0 Å². The molecule has 1 aromatic heterocycles. The van der Waals surface area contributed by atoms with Gasteiger partial charge in [-0.2, -0.15) is 0 Å². The van der Waals surface area contributed by atoms with E-state index in [1.807, 2.05) is 0 Å². The number of nitrogens with zero attached hydrogens (tertiary/aromatic N) is 1. The Bertz CT molecular complexity index is 381. The summed E-state index contributed by atoms with van der Waals surface area (Å²) in [5.41, 5.74) is 0.236. The Hall–Kier alpha value is -1.58. The third-order valence-electron chi connectivity index (χ3n) is 2.54. The van der Waals surface area contributed by atoms with Gasteiger partial charge in [0.15, 0.2) is 0 Å². The Morgan fingerprint density at radius 2 is 1.83 bits per heavy atom. The second kappa shape index (κ2) is 10.6. The largest absolute Gasteiger partial charge is 0.497 e. The van der Waals surface area contributed by atoms with Gasteiger partial charge in [0.25, 0.3) is 0 Å². The van der Waals surface area contributed by atoms with Crippen LogP contribution in [-0.4, -0.2) is 18.0 Å². The number of hydrogen-bond acceptors (Lipinski definition) is 3. The van der Waals surface area contributed by atoms with Gasteiger partial charge in [-0.15, -0.1) is 0 Å². The lowest BCUT2D eigenvalue weighted by Crippen LogP contribution is -2.17. The van der Waals surface area contributed by atoms with E-state index in [0.29, 0.717) is 5.75 Å². The van der Waals surface area contributed by atoms with Gasteiger partial charge in [-0.05, 0) is 6.07 Å². The molecular formula is C14H25N3O. The molecule has 1 rings (SSSR count). The lowest BCUT2D eigenvalue weighted by atomic mass is 10.2. The van der Waals surface area contributed by atoms with Crippen molar-refractivity contribution in [1.29, 1.82) is 10.8 Å². The summed E-state index contributed by atoms with van der Waals surface area (Å²) in [6.07, 6.45) is 9.69. The van der Waals surface area contributed by atoms with E-state index in [1.165, 1.54) is 36.7 Å². The van der Waals surface area contributed by atoms with E-state index in [0.717, 1.165) is 6.34 Å². The fourth-order valence-corrected chi connectivity index (χ4v) is 1.41. The molecule has 0 saturated carbocycles. The summed E-state index contributed by atoms with van der Waals surface area (Å²) < 4.78 is 6.26. The standard InChI is InChI=1S/C7H9N3O.C7H16/c1-11-6-2-3-10(5-8)7(9)4-6;1-3-5-7-6-4-2/h2-5,8-9H,1H3;3-7H2,1-2H3. The van der Waals surface area contributed by atoms with E-state index in [2.05, 4.69) is 13.8 Å². The lowest BCUT2D eigenvalue weighted by Gasteiger charge is -2.00. The van der Waals surface area contributed by atoms with Gasteiger partial charge >= 0.3 is 0 Å². The van der Waals surface area contributed by atoms with E-state index >= 15 is 0 Å². The van der Waals surface area contributed by atoms with Crippen molar-refractivity contribution in [1.82, 2.24) is 4.57 Å². The normalized spacial score (nSPS) is 9.28. The van der Waals surface area contributed by atoms with Gasteiger partial charge < -0.3 is 4.74 Å². The molecule has 0 amide bonds. The maximum absolute atomic E-state index is 7.35. The highest BCUT2D eigenvalue weighted by Crippen LogP contribution is 2.02. The molecule has 1 aromatic rings. The second-order valence-electron chi connectivity index (χ2n) is 4.05. The van der Waals surface area contributed by atoms with E-state index in [4.69, 9.17) is 15.6 Å². The minimum atomic E-state index is 0.236. The molecule has 0 unspecified atom stereocenters. The van der Waals surface area contributed by atoms with Gasteiger partial charge in [0, 0.05) is 12.3 Å². The Labute approximate surface area is 110 Å². The number of ether oxygens (including phenoxy) is 1. The van der Waals surface area contributed by atoms with Crippen molar-refractivity contribution >= 4 is 6.34 Å². The van der Waals surface area contributed by atoms with Crippen molar-refractivity contribution < 1.29 is 4.74 Å². The molecule has 1 heterocycles. The number of nitrogens with one attached hydrogen (secondary N) is 2. The van der Waals surface area contributed by atoms with Gasteiger partial charge in [-0.25, -0.2) is 0 Å². The first-order valence-corrected chi connectivity index (χ1v) is 6.50. The average Bonchev–Trinajstić information content (AvgIpc) is 2.40.